The molecule has 0 aliphatic rings. The molecule has 92 valence electrons. The summed E-state index contributed by atoms with van der Waals surface area (Å²) in [5, 5.41) is 11.3. The summed E-state index contributed by atoms with van der Waals surface area (Å²) in [5.41, 5.74) is 5.85. The van der Waals surface area contributed by atoms with Gasteiger partial charge in [-0.3, -0.25) is 4.79 Å². The zero-order chi connectivity index (χ0) is 12.8. The van der Waals surface area contributed by atoms with Crippen molar-refractivity contribution in [3.63, 3.8) is 0 Å². The molecule has 0 spiro atoms. The van der Waals surface area contributed by atoms with Crippen LogP contribution in [0, 0.1) is 0 Å². The third-order valence-electron chi connectivity index (χ3n) is 2.23. The highest BCUT2D eigenvalue weighted by atomic mass is 16.4. The quantitative estimate of drug-likeness (QED) is 0.697. The van der Waals surface area contributed by atoms with Gasteiger partial charge in [-0.15, -0.1) is 0 Å². The second-order valence-electron chi connectivity index (χ2n) is 3.59. The highest BCUT2D eigenvalue weighted by molar-refractivity contribution is 5.98. The van der Waals surface area contributed by atoms with E-state index in [4.69, 9.17) is 10.8 Å². The molecule has 0 aliphatic heterocycles. The number of hydrogen-bond donors (Lipinski definition) is 3. The van der Waals surface area contributed by atoms with Crippen LogP contribution in [0.4, 0.5) is 5.69 Å². The first-order chi connectivity index (χ1) is 8.06. The first-order valence-electron chi connectivity index (χ1n) is 5.30. The molecule has 1 aromatic rings. The van der Waals surface area contributed by atoms with Gasteiger partial charge in [-0.25, -0.2) is 9.78 Å². The average molecular weight is 237 g/mol. The highest BCUT2D eigenvalue weighted by Gasteiger charge is 2.21. The van der Waals surface area contributed by atoms with E-state index in [2.05, 4.69) is 10.3 Å². The first kappa shape index (κ1) is 13.0. The topological polar surface area (TPSA) is 105 Å². The number of aliphatic carboxylic acids is 1. The number of nitrogen functional groups attached to an aromatic ring is 1. The molecular formula is C11H15N3O3. The fraction of sp³-hybridized carbons (Fsp3) is 0.364. The molecule has 0 fully saturated rings. The number of carboxylic acid groups (broad SMARTS) is 1. The zero-order valence-electron chi connectivity index (χ0n) is 9.51. The Hall–Kier alpha value is -2.11. The monoisotopic (exact) mass is 237 g/mol. The van der Waals surface area contributed by atoms with E-state index >= 15 is 0 Å². The molecule has 1 heterocycles. The smallest absolute Gasteiger partial charge is 0.326 e. The molecule has 6 nitrogen and oxygen atoms in total. The number of nitrogens with zero attached hydrogens (tertiary/aromatic N) is 1. The van der Waals surface area contributed by atoms with Crippen LogP contribution in [0.3, 0.4) is 0 Å². The van der Waals surface area contributed by atoms with E-state index in [1.165, 1.54) is 12.3 Å². The second-order valence-corrected chi connectivity index (χ2v) is 3.59. The average Bonchev–Trinajstić information content (AvgIpc) is 2.28. The molecule has 1 amide bonds. The van der Waals surface area contributed by atoms with Crippen LogP contribution in [0.15, 0.2) is 18.3 Å². The van der Waals surface area contributed by atoms with Gasteiger partial charge in [0.25, 0.3) is 5.91 Å². The Kier molecular flexibility index (Phi) is 4.45. The summed E-state index contributed by atoms with van der Waals surface area (Å²) in [6.45, 7) is 1.84. The normalized spacial score (nSPS) is 11.8. The molecule has 0 saturated heterocycles. The molecule has 0 unspecified atom stereocenters. The number of nitrogens with one attached hydrogen (secondary N) is 1. The number of carbonyl (C=O) groups is 2. The van der Waals surface area contributed by atoms with E-state index in [0.29, 0.717) is 12.8 Å². The van der Waals surface area contributed by atoms with Crippen molar-refractivity contribution in [2.45, 2.75) is 25.8 Å². The second kappa shape index (κ2) is 5.83. The summed E-state index contributed by atoms with van der Waals surface area (Å²) < 4.78 is 0. The van der Waals surface area contributed by atoms with Crippen molar-refractivity contribution in [1.29, 1.82) is 0 Å². The van der Waals surface area contributed by atoms with Gasteiger partial charge in [-0.2, -0.15) is 0 Å². The summed E-state index contributed by atoms with van der Waals surface area (Å²) in [6, 6.07) is 2.23. The molecule has 0 aliphatic carbocycles. The minimum Gasteiger partial charge on any atom is -0.480 e. The number of aromatic nitrogens is 1. The molecular weight excluding hydrogens is 222 g/mol. The summed E-state index contributed by atoms with van der Waals surface area (Å²) in [6.07, 6.45) is 2.46. The van der Waals surface area contributed by atoms with Crippen molar-refractivity contribution in [2.24, 2.45) is 0 Å². The Morgan fingerprint density at radius 2 is 2.29 bits per heavy atom. The maximum Gasteiger partial charge on any atom is 0.326 e. The molecule has 17 heavy (non-hydrogen) atoms. The third-order valence-corrected chi connectivity index (χ3v) is 2.23. The molecule has 0 radical (unpaired) electrons. The standard InChI is InChI=1S/C11H15N3O3/c1-2-4-8(11(16)17)14-10(15)9-7(12)5-3-6-13-9/h3,5-6,8H,2,4,12H2,1H3,(H,14,15)(H,16,17)/t8-/m1/s1. The Morgan fingerprint density at radius 1 is 1.59 bits per heavy atom. The highest BCUT2D eigenvalue weighted by Crippen LogP contribution is 2.07. The fourth-order valence-corrected chi connectivity index (χ4v) is 1.38. The van der Waals surface area contributed by atoms with Crippen molar-refractivity contribution in [3.8, 4) is 0 Å². The third kappa shape index (κ3) is 3.44. The maximum absolute atomic E-state index is 11.7. The van der Waals surface area contributed by atoms with Crippen LogP contribution in [0.25, 0.3) is 0 Å². The molecule has 1 rings (SSSR count). The SMILES string of the molecule is CCC[C@@H](NC(=O)c1ncccc1N)C(=O)O. The molecule has 1 aromatic heterocycles. The number of carbonyl (C=O) groups excluding carboxylic acids is 1. The summed E-state index contributed by atoms with van der Waals surface area (Å²) >= 11 is 0. The van der Waals surface area contributed by atoms with Gasteiger partial charge in [-0.1, -0.05) is 13.3 Å². The predicted molar refractivity (Wildman–Crippen MR) is 62.4 cm³/mol. The van der Waals surface area contributed by atoms with E-state index in [0.717, 1.165) is 0 Å². The van der Waals surface area contributed by atoms with Crippen LogP contribution in [0.1, 0.15) is 30.3 Å². The first-order valence-corrected chi connectivity index (χ1v) is 5.30. The van der Waals surface area contributed by atoms with Crippen LogP contribution in [-0.4, -0.2) is 28.0 Å². The van der Waals surface area contributed by atoms with E-state index in [9.17, 15) is 9.59 Å². The van der Waals surface area contributed by atoms with Crippen molar-refractivity contribution in [2.75, 3.05) is 5.73 Å². The van der Waals surface area contributed by atoms with E-state index in [-0.39, 0.29) is 11.4 Å². The summed E-state index contributed by atoms with van der Waals surface area (Å²) in [4.78, 5) is 26.4. The Bertz CT molecular complexity index is 420. The molecule has 4 N–H and O–H groups in total. The molecule has 0 saturated carbocycles. The van der Waals surface area contributed by atoms with Gasteiger partial charge in [-0.05, 0) is 18.6 Å². The summed E-state index contributed by atoms with van der Waals surface area (Å²) in [7, 11) is 0. The zero-order valence-corrected chi connectivity index (χ0v) is 9.51. The molecule has 6 heteroatoms. The molecule has 0 aromatic carbocycles. The number of carboxylic acids is 1. The van der Waals surface area contributed by atoms with Crippen molar-refractivity contribution < 1.29 is 14.7 Å². The number of rotatable bonds is 5. The van der Waals surface area contributed by atoms with Gasteiger partial charge in [0.2, 0.25) is 0 Å². The lowest BCUT2D eigenvalue weighted by Crippen LogP contribution is -2.41. The molecule has 0 bridgehead atoms. The fourth-order valence-electron chi connectivity index (χ4n) is 1.38. The number of anilines is 1. The lowest BCUT2D eigenvalue weighted by atomic mass is 10.1. The van der Waals surface area contributed by atoms with Crippen LogP contribution >= 0.6 is 0 Å². The minimum atomic E-state index is -1.06. The van der Waals surface area contributed by atoms with Crippen LogP contribution < -0.4 is 11.1 Å². The van der Waals surface area contributed by atoms with Gasteiger partial charge in [0.15, 0.2) is 5.69 Å². The van der Waals surface area contributed by atoms with Gasteiger partial charge in [0.05, 0.1) is 5.69 Å². The van der Waals surface area contributed by atoms with Gasteiger partial charge < -0.3 is 16.2 Å². The van der Waals surface area contributed by atoms with Crippen molar-refractivity contribution in [3.05, 3.63) is 24.0 Å². The van der Waals surface area contributed by atoms with Gasteiger partial charge in [0.1, 0.15) is 6.04 Å². The predicted octanol–water partition coefficient (Wildman–Crippen LogP) is 0.647. The Labute approximate surface area is 98.8 Å². The van der Waals surface area contributed by atoms with Crippen LogP contribution in [0.2, 0.25) is 0 Å². The van der Waals surface area contributed by atoms with Crippen molar-refractivity contribution in [1.82, 2.24) is 10.3 Å². The van der Waals surface area contributed by atoms with Gasteiger partial charge in [0, 0.05) is 6.20 Å². The van der Waals surface area contributed by atoms with Gasteiger partial charge >= 0.3 is 5.97 Å². The number of nitrogens with two attached hydrogens (primary N) is 1. The number of amides is 1. The van der Waals surface area contributed by atoms with Crippen molar-refractivity contribution >= 4 is 17.6 Å². The lowest BCUT2D eigenvalue weighted by Gasteiger charge is -2.13. The Balaban J connectivity index is 2.77. The van der Waals surface area contributed by atoms with Crippen LogP contribution in [-0.2, 0) is 4.79 Å². The van der Waals surface area contributed by atoms with E-state index in [1.54, 1.807) is 6.07 Å². The maximum atomic E-state index is 11.7. The van der Waals surface area contributed by atoms with Crippen LogP contribution in [0.5, 0.6) is 0 Å². The summed E-state index contributed by atoms with van der Waals surface area (Å²) in [5.74, 6) is -1.63. The van der Waals surface area contributed by atoms with E-state index in [1.807, 2.05) is 6.92 Å². The largest absolute Gasteiger partial charge is 0.480 e. The van der Waals surface area contributed by atoms with E-state index < -0.39 is 17.9 Å². The Morgan fingerprint density at radius 3 is 2.82 bits per heavy atom. The molecule has 1 atom stereocenters. The number of pyridine rings is 1. The lowest BCUT2D eigenvalue weighted by molar-refractivity contribution is -0.139. The number of hydrogen-bond acceptors (Lipinski definition) is 4. The minimum absolute atomic E-state index is 0.0508.